The van der Waals surface area contributed by atoms with Gasteiger partial charge in [0.15, 0.2) is 6.61 Å². The number of hydrogen-bond donors (Lipinski definition) is 1. The molecule has 4 rings (SSSR count). The summed E-state index contributed by atoms with van der Waals surface area (Å²) in [6.45, 7) is 5.91. The van der Waals surface area contributed by atoms with Gasteiger partial charge in [0, 0.05) is 29.6 Å². The van der Waals surface area contributed by atoms with Gasteiger partial charge in [-0.3, -0.25) is 9.59 Å². The van der Waals surface area contributed by atoms with E-state index in [1.165, 1.54) is 0 Å². The number of ether oxygens (including phenoxy) is 2. The van der Waals surface area contributed by atoms with Crippen molar-refractivity contribution in [3.05, 3.63) is 75.7 Å². The SMILES string of the molecule is CCC(NC(=O)c1cccc(OCc2csc(C)n2)c1)c1ccccc1OCC(=O)N1CCCC1. The van der Waals surface area contributed by atoms with E-state index in [-0.39, 0.29) is 24.5 Å². The monoisotopic (exact) mass is 493 g/mol. The number of rotatable bonds is 10. The number of nitrogens with zero attached hydrogens (tertiary/aromatic N) is 2. The van der Waals surface area contributed by atoms with Crippen LogP contribution in [0, 0.1) is 6.92 Å². The average molecular weight is 494 g/mol. The van der Waals surface area contributed by atoms with E-state index in [1.807, 2.05) is 54.5 Å². The van der Waals surface area contributed by atoms with Crippen molar-refractivity contribution in [3.8, 4) is 11.5 Å². The van der Waals surface area contributed by atoms with E-state index >= 15 is 0 Å². The van der Waals surface area contributed by atoms with E-state index in [4.69, 9.17) is 9.47 Å². The molecule has 1 aromatic heterocycles. The molecule has 8 heteroatoms. The first-order valence-electron chi connectivity index (χ1n) is 12.0. The highest BCUT2D eigenvalue weighted by Gasteiger charge is 2.21. The maximum atomic E-state index is 13.1. The lowest BCUT2D eigenvalue weighted by molar-refractivity contribution is -0.132. The Morgan fingerprint density at radius 1 is 1.11 bits per heavy atom. The van der Waals surface area contributed by atoms with Crippen LogP contribution in [0.3, 0.4) is 0 Å². The lowest BCUT2D eigenvalue weighted by Gasteiger charge is -2.22. The molecule has 0 spiro atoms. The van der Waals surface area contributed by atoms with Gasteiger partial charge in [-0.25, -0.2) is 4.98 Å². The van der Waals surface area contributed by atoms with Crippen molar-refractivity contribution >= 4 is 23.2 Å². The van der Waals surface area contributed by atoms with Crippen molar-refractivity contribution < 1.29 is 19.1 Å². The topological polar surface area (TPSA) is 80.8 Å². The summed E-state index contributed by atoms with van der Waals surface area (Å²) in [6.07, 6.45) is 2.76. The molecule has 2 heterocycles. The predicted octanol–water partition coefficient (Wildman–Crippen LogP) is 4.91. The molecule has 1 N–H and O–H groups in total. The zero-order valence-corrected chi connectivity index (χ0v) is 21.0. The molecule has 0 bridgehead atoms. The number of hydrogen-bond acceptors (Lipinski definition) is 6. The smallest absolute Gasteiger partial charge is 0.260 e. The molecule has 0 radical (unpaired) electrons. The molecule has 1 unspecified atom stereocenters. The number of aromatic nitrogens is 1. The first-order chi connectivity index (χ1) is 17.0. The number of benzene rings is 2. The summed E-state index contributed by atoms with van der Waals surface area (Å²) in [7, 11) is 0. The van der Waals surface area contributed by atoms with Crippen LogP contribution in [0.25, 0.3) is 0 Å². The Balaban J connectivity index is 1.40. The quantitative estimate of drug-likeness (QED) is 0.434. The zero-order valence-electron chi connectivity index (χ0n) is 20.2. The maximum absolute atomic E-state index is 13.1. The molecular weight excluding hydrogens is 462 g/mol. The Labute approximate surface area is 210 Å². The van der Waals surface area contributed by atoms with E-state index in [0.717, 1.165) is 42.2 Å². The summed E-state index contributed by atoms with van der Waals surface area (Å²) < 4.78 is 11.7. The summed E-state index contributed by atoms with van der Waals surface area (Å²) in [5.41, 5.74) is 2.23. The average Bonchev–Trinajstić information content (AvgIpc) is 3.57. The second-order valence-electron chi connectivity index (χ2n) is 8.52. The van der Waals surface area contributed by atoms with Gasteiger partial charge in [-0.05, 0) is 50.5 Å². The minimum Gasteiger partial charge on any atom is -0.487 e. The molecule has 2 amide bonds. The molecule has 7 nitrogen and oxygen atoms in total. The van der Waals surface area contributed by atoms with E-state index in [9.17, 15) is 9.59 Å². The Hall–Kier alpha value is -3.39. The van der Waals surface area contributed by atoms with Crippen molar-refractivity contribution in [1.82, 2.24) is 15.2 Å². The minimum absolute atomic E-state index is 0.000705. The van der Waals surface area contributed by atoms with Crippen molar-refractivity contribution in [3.63, 3.8) is 0 Å². The fraction of sp³-hybridized carbons (Fsp3) is 0.370. The maximum Gasteiger partial charge on any atom is 0.260 e. The first-order valence-corrected chi connectivity index (χ1v) is 12.9. The minimum atomic E-state index is -0.261. The Bertz CT molecular complexity index is 1160. The molecular formula is C27H31N3O4S. The van der Waals surface area contributed by atoms with Gasteiger partial charge in [-0.15, -0.1) is 11.3 Å². The normalized spacial score (nSPS) is 13.9. The molecule has 184 valence electrons. The van der Waals surface area contributed by atoms with Gasteiger partial charge in [0.1, 0.15) is 18.1 Å². The molecule has 0 saturated carbocycles. The van der Waals surface area contributed by atoms with Gasteiger partial charge < -0.3 is 19.7 Å². The van der Waals surface area contributed by atoms with E-state index < -0.39 is 0 Å². The largest absolute Gasteiger partial charge is 0.487 e. The van der Waals surface area contributed by atoms with E-state index in [2.05, 4.69) is 10.3 Å². The third-order valence-electron chi connectivity index (χ3n) is 5.97. The number of carbonyl (C=O) groups excluding carboxylic acids is 2. The highest BCUT2D eigenvalue weighted by Crippen LogP contribution is 2.28. The van der Waals surface area contributed by atoms with Crippen LogP contribution < -0.4 is 14.8 Å². The summed E-state index contributed by atoms with van der Waals surface area (Å²) in [6, 6.07) is 14.4. The number of carbonyl (C=O) groups is 2. The molecule has 1 fully saturated rings. The predicted molar refractivity (Wildman–Crippen MR) is 136 cm³/mol. The van der Waals surface area contributed by atoms with Crippen LogP contribution in [0.5, 0.6) is 11.5 Å². The number of aryl methyl sites for hydroxylation is 1. The molecule has 0 aliphatic carbocycles. The van der Waals surface area contributed by atoms with Crippen LogP contribution in [-0.2, 0) is 11.4 Å². The van der Waals surface area contributed by atoms with Gasteiger partial charge in [0.25, 0.3) is 11.8 Å². The molecule has 2 aromatic carbocycles. The zero-order chi connectivity index (χ0) is 24.6. The molecule has 1 saturated heterocycles. The van der Waals surface area contributed by atoms with Crippen LogP contribution in [-0.4, -0.2) is 41.4 Å². The van der Waals surface area contributed by atoms with Gasteiger partial charge in [-0.1, -0.05) is 31.2 Å². The van der Waals surface area contributed by atoms with Crippen molar-refractivity contribution in [2.24, 2.45) is 0 Å². The lowest BCUT2D eigenvalue weighted by atomic mass is 10.0. The van der Waals surface area contributed by atoms with E-state index in [0.29, 0.717) is 30.1 Å². The van der Waals surface area contributed by atoms with Crippen LogP contribution in [0.15, 0.2) is 53.9 Å². The van der Waals surface area contributed by atoms with E-state index in [1.54, 1.807) is 29.5 Å². The number of likely N-dealkylation sites (tertiary alicyclic amines) is 1. The highest BCUT2D eigenvalue weighted by molar-refractivity contribution is 7.09. The molecule has 1 atom stereocenters. The summed E-state index contributed by atoms with van der Waals surface area (Å²) in [5.74, 6) is 1.03. The Morgan fingerprint density at radius 3 is 2.66 bits per heavy atom. The molecule has 35 heavy (non-hydrogen) atoms. The van der Waals surface area contributed by atoms with Crippen molar-refractivity contribution in [2.45, 2.75) is 45.8 Å². The second kappa shape index (κ2) is 11.8. The van der Waals surface area contributed by atoms with Crippen LogP contribution in [0.4, 0.5) is 0 Å². The third kappa shape index (κ3) is 6.60. The van der Waals surface area contributed by atoms with Crippen molar-refractivity contribution in [1.29, 1.82) is 0 Å². The number of para-hydroxylation sites is 1. The van der Waals surface area contributed by atoms with Crippen LogP contribution >= 0.6 is 11.3 Å². The molecule has 1 aliphatic heterocycles. The van der Waals surface area contributed by atoms with Crippen LogP contribution in [0.2, 0.25) is 0 Å². The highest BCUT2D eigenvalue weighted by atomic mass is 32.1. The van der Waals surface area contributed by atoms with Crippen molar-refractivity contribution in [2.75, 3.05) is 19.7 Å². The van der Waals surface area contributed by atoms with Gasteiger partial charge in [0.2, 0.25) is 0 Å². The van der Waals surface area contributed by atoms with Gasteiger partial charge in [-0.2, -0.15) is 0 Å². The number of amides is 2. The standard InChI is InChI=1S/C27H31N3O4S/c1-3-24(23-11-4-5-12-25(23)34-17-26(31)30-13-6-7-14-30)29-27(32)20-9-8-10-22(15-20)33-16-21-18-35-19(2)28-21/h4-5,8-12,15,18,24H,3,6-7,13-14,16-17H2,1-2H3,(H,29,32). The molecule has 1 aliphatic rings. The Kier molecular flexibility index (Phi) is 8.36. The van der Waals surface area contributed by atoms with Crippen LogP contribution in [0.1, 0.15) is 58.9 Å². The third-order valence-corrected chi connectivity index (χ3v) is 6.79. The summed E-state index contributed by atoms with van der Waals surface area (Å²) in [4.78, 5) is 31.8. The number of thiazole rings is 1. The summed E-state index contributed by atoms with van der Waals surface area (Å²) >= 11 is 1.58. The lowest BCUT2D eigenvalue weighted by Crippen LogP contribution is -2.32. The second-order valence-corrected chi connectivity index (χ2v) is 9.59. The first kappa shape index (κ1) is 24.7. The van der Waals surface area contributed by atoms with Gasteiger partial charge >= 0.3 is 0 Å². The molecule has 3 aromatic rings. The fourth-order valence-corrected chi connectivity index (χ4v) is 4.69. The number of nitrogens with one attached hydrogen (secondary N) is 1. The van der Waals surface area contributed by atoms with Gasteiger partial charge in [0.05, 0.1) is 16.7 Å². The summed E-state index contributed by atoms with van der Waals surface area (Å²) in [5, 5.41) is 6.07. The Morgan fingerprint density at radius 2 is 1.91 bits per heavy atom. The fourth-order valence-electron chi connectivity index (χ4n) is 4.10.